The van der Waals surface area contributed by atoms with Gasteiger partial charge >= 0.3 is 0 Å². The second-order valence-corrected chi connectivity index (χ2v) is 7.19. The molecule has 0 aliphatic heterocycles. The van der Waals surface area contributed by atoms with Crippen molar-refractivity contribution in [3.05, 3.63) is 58.7 Å². The molecule has 0 radical (unpaired) electrons. The average Bonchev–Trinajstić information content (AvgIpc) is 2.36. The topological polar surface area (TPSA) is 20.2 Å². The molecule has 0 fully saturated rings. The normalized spacial score (nSPS) is 22.0. The Bertz CT molecular complexity index is 522. The van der Waals surface area contributed by atoms with Crippen LogP contribution in [0.4, 0.5) is 0 Å². The summed E-state index contributed by atoms with van der Waals surface area (Å²) in [6.45, 7) is 12.9. The minimum Gasteiger partial charge on any atom is -0.389 e. The van der Waals surface area contributed by atoms with Gasteiger partial charge in [0, 0.05) is 0 Å². The summed E-state index contributed by atoms with van der Waals surface area (Å²) >= 11 is 0. The minimum atomic E-state index is -0.391. The van der Waals surface area contributed by atoms with E-state index >= 15 is 0 Å². The van der Waals surface area contributed by atoms with Crippen LogP contribution in [0, 0.1) is 5.41 Å². The fourth-order valence-corrected chi connectivity index (χ4v) is 3.07. The summed E-state index contributed by atoms with van der Waals surface area (Å²) in [7, 11) is 0. The van der Waals surface area contributed by atoms with E-state index < -0.39 is 6.10 Å². The zero-order chi connectivity index (χ0) is 16.8. The van der Waals surface area contributed by atoms with Gasteiger partial charge in [0.05, 0.1) is 6.10 Å². The van der Waals surface area contributed by atoms with Gasteiger partial charge in [-0.25, -0.2) is 0 Å². The van der Waals surface area contributed by atoms with Crippen LogP contribution in [0.25, 0.3) is 0 Å². The minimum absolute atomic E-state index is 0.297. The zero-order valence-corrected chi connectivity index (χ0v) is 15.1. The van der Waals surface area contributed by atoms with Crippen molar-refractivity contribution in [3.63, 3.8) is 0 Å². The van der Waals surface area contributed by atoms with Crippen LogP contribution < -0.4 is 0 Å². The van der Waals surface area contributed by atoms with Crippen LogP contribution in [-0.4, -0.2) is 11.2 Å². The molecule has 0 amide bonds. The number of hydrogen-bond donors (Lipinski definition) is 1. The summed E-state index contributed by atoms with van der Waals surface area (Å²) in [5.74, 6) is 0. The highest BCUT2D eigenvalue weighted by molar-refractivity contribution is 5.37. The first-order chi connectivity index (χ1) is 10.2. The maximum absolute atomic E-state index is 9.29. The molecule has 1 heteroatoms. The molecule has 0 aromatic heterocycles. The molecule has 0 saturated heterocycles. The van der Waals surface area contributed by atoms with E-state index in [0.717, 1.165) is 5.57 Å². The van der Waals surface area contributed by atoms with Crippen LogP contribution in [-0.2, 0) is 0 Å². The molecule has 0 spiro atoms. The zero-order valence-electron chi connectivity index (χ0n) is 15.1. The Morgan fingerprint density at radius 2 is 2.00 bits per heavy atom. The van der Waals surface area contributed by atoms with Crippen LogP contribution in [0.15, 0.2) is 58.7 Å². The Kier molecular flexibility index (Phi) is 7.09. The van der Waals surface area contributed by atoms with Crippen LogP contribution >= 0.6 is 0 Å². The van der Waals surface area contributed by atoms with Gasteiger partial charge in [-0.3, -0.25) is 0 Å². The predicted octanol–water partition coefficient (Wildman–Crippen LogP) is 5.90. The van der Waals surface area contributed by atoms with E-state index in [0.29, 0.717) is 5.41 Å². The Labute approximate surface area is 136 Å². The molecule has 0 heterocycles. The van der Waals surface area contributed by atoms with Gasteiger partial charge in [0.1, 0.15) is 0 Å². The van der Waals surface area contributed by atoms with E-state index in [9.17, 15) is 5.11 Å². The first kappa shape index (κ1) is 18.7. The molecule has 1 rings (SSSR count). The Morgan fingerprint density at radius 1 is 1.32 bits per heavy atom. The number of allylic oxidation sites excluding steroid dienone is 9. The molecule has 1 aliphatic rings. The van der Waals surface area contributed by atoms with Crippen molar-refractivity contribution < 1.29 is 5.11 Å². The van der Waals surface area contributed by atoms with E-state index in [1.165, 1.54) is 36.0 Å². The molecule has 0 aromatic rings. The van der Waals surface area contributed by atoms with Crippen LogP contribution in [0.5, 0.6) is 0 Å². The van der Waals surface area contributed by atoms with E-state index in [1.807, 2.05) is 25.2 Å². The summed E-state index contributed by atoms with van der Waals surface area (Å²) < 4.78 is 0. The quantitative estimate of drug-likeness (QED) is 0.627. The molecule has 0 saturated carbocycles. The highest BCUT2D eigenvalue weighted by atomic mass is 16.3. The van der Waals surface area contributed by atoms with Crippen LogP contribution in [0.1, 0.15) is 60.8 Å². The first-order valence-corrected chi connectivity index (χ1v) is 8.32. The lowest BCUT2D eigenvalue weighted by atomic mass is 9.92. The number of rotatable bonds is 5. The number of aliphatic hydroxyl groups is 1. The standard InChI is InChI=1S/C21H32O/c1-16(9-7-10-17(2)15-19(4)22)12-13-20-18(3)11-8-14-21(20,5)6/h7,9-10,12-13,15,19,22H,8,11,14H2,1-6H3/b10-7+,13-12+,16-9+,17-15+/i13+2,20+2. The molecule has 1 unspecified atom stereocenters. The van der Waals surface area contributed by atoms with Gasteiger partial charge in [0.2, 0.25) is 0 Å². The van der Waals surface area contributed by atoms with Crippen molar-refractivity contribution in [2.45, 2.75) is 66.9 Å². The van der Waals surface area contributed by atoms with E-state index in [4.69, 9.17) is 0 Å². The predicted molar refractivity (Wildman–Crippen MR) is 97.8 cm³/mol. The first-order valence-electron chi connectivity index (χ1n) is 8.32. The van der Waals surface area contributed by atoms with Crippen molar-refractivity contribution >= 4 is 0 Å². The van der Waals surface area contributed by atoms with E-state index in [-0.39, 0.29) is 0 Å². The Morgan fingerprint density at radius 3 is 2.59 bits per heavy atom. The third-order valence-electron chi connectivity index (χ3n) is 4.28. The third-order valence-corrected chi connectivity index (χ3v) is 4.28. The summed E-state index contributed by atoms with van der Waals surface area (Å²) in [4.78, 5) is 0. The molecular weight excluding hydrogens is 272 g/mol. The molecular formula is C21H32O. The van der Waals surface area contributed by atoms with Crippen molar-refractivity contribution in [2.75, 3.05) is 0 Å². The molecule has 1 nitrogen and oxygen atoms in total. The van der Waals surface area contributed by atoms with Gasteiger partial charge in [-0.05, 0) is 57.9 Å². The van der Waals surface area contributed by atoms with Gasteiger partial charge in [-0.2, -0.15) is 0 Å². The second-order valence-electron chi connectivity index (χ2n) is 7.19. The summed E-state index contributed by atoms with van der Waals surface area (Å²) in [5.41, 5.74) is 5.65. The smallest absolute Gasteiger partial charge is 0.0698 e. The van der Waals surface area contributed by atoms with Crippen molar-refractivity contribution in [1.29, 1.82) is 0 Å². The summed E-state index contributed by atoms with van der Waals surface area (Å²) in [6, 6.07) is 0. The average molecular weight is 304 g/mol. The number of aliphatic hydroxyl groups excluding tert-OH is 1. The largest absolute Gasteiger partial charge is 0.389 e. The molecule has 0 bridgehead atoms. The van der Waals surface area contributed by atoms with Gasteiger partial charge in [-0.1, -0.05) is 67.0 Å². The Hall–Kier alpha value is -1.34. The highest BCUT2D eigenvalue weighted by Gasteiger charge is 2.26. The second kappa shape index (κ2) is 8.33. The molecule has 122 valence electrons. The van der Waals surface area contributed by atoms with E-state index in [1.54, 1.807) is 6.92 Å². The number of hydrogen-bond acceptors (Lipinski definition) is 1. The molecule has 1 N–H and O–H groups in total. The Balaban J connectivity index is 2.77. The molecule has 1 aliphatic carbocycles. The van der Waals surface area contributed by atoms with Crippen molar-refractivity contribution in [2.24, 2.45) is 5.41 Å². The fourth-order valence-electron chi connectivity index (χ4n) is 3.07. The monoisotopic (exact) mass is 304 g/mol. The maximum Gasteiger partial charge on any atom is 0.0698 e. The fraction of sp³-hybridized carbons (Fsp3) is 0.524. The van der Waals surface area contributed by atoms with Crippen LogP contribution in [0.2, 0.25) is 0 Å². The van der Waals surface area contributed by atoms with Crippen molar-refractivity contribution in [1.82, 2.24) is 0 Å². The summed E-state index contributed by atoms with van der Waals surface area (Å²) in [5, 5.41) is 9.29. The molecule has 0 aromatic carbocycles. The lowest BCUT2D eigenvalue weighted by molar-refractivity contribution is 0.243. The van der Waals surface area contributed by atoms with Crippen molar-refractivity contribution in [3.8, 4) is 0 Å². The van der Waals surface area contributed by atoms with Gasteiger partial charge in [0.15, 0.2) is 0 Å². The summed E-state index contributed by atoms with van der Waals surface area (Å²) in [6.07, 6.45) is 16.0. The lowest BCUT2D eigenvalue weighted by Gasteiger charge is -2.32. The van der Waals surface area contributed by atoms with E-state index in [2.05, 4.69) is 45.9 Å². The highest BCUT2D eigenvalue weighted by Crippen LogP contribution is 2.40. The SMILES string of the molecule is CC1=[14C](/[14CH]=C/C(C)=C/C=C/C(C)=C/C(C)O)C(C)(C)CCC1. The maximum atomic E-state index is 9.29. The van der Waals surface area contributed by atoms with Gasteiger partial charge < -0.3 is 5.11 Å². The van der Waals surface area contributed by atoms with Crippen LogP contribution in [0.3, 0.4) is 0 Å². The molecule has 22 heavy (non-hydrogen) atoms. The lowest BCUT2D eigenvalue weighted by Crippen LogP contribution is -2.19. The van der Waals surface area contributed by atoms with Gasteiger partial charge in [0.25, 0.3) is 0 Å². The molecule has 1 atom stereocenters. The van der Waals surface area contributed by atoms with Gasteiger partial charge in [-0.15, -0.1) is 0 Å². The third kappa shape index (κ3) is 6.19.